The van der Waals surface area contributed by atoms with E-state index in [4.69, 9.17) is 0 Å². The molecule has 0 aromatic rings. The molecule has 18 heavy (non-hydrogen) atoms. The van der Waals surface area contributed by atoms with Crippen molar-refractivity contribution in [3.8, 4) is 0 Å². The van der Waals surface area contributed by atoms with Gasteiger partial charge in [0.25, 0.3) is 0 Å². The van der Waals surface area contributed by atoms with Gasteiger partial charge in [0.15, 0.2) is 0 Å². The monoisotopic (exact) mass is 251 g/mol. The van der Waals surface area contributed by atoms with Crippen LogP contribution in [0.25, 0.3) is 0 Å². The van der Waals surface area contributed by atoms with Gasteiger partial charge in [-0.1, -0.05) is 33.6 Å². The Morgan fingerprint density at radius 2 is 1.50 bits per heavy atom. The van der Waals surface area contributed by atoms with E-state index in [1.807, 2.05) is 0 Å². The van der Waals surface area contributed by atoms with Crippen LogP contribution in [-0.4, -0.2) is 24.0 Å². The van der Waals surface area contributed by atoms with Gasteiger partial charge < -0.3 is 4.90 Å². The van der Waals surface area contributed by atoms with Gasteiger partial charge in [-0.25, -0.2) is 0 Å². The molecule has 1 nitrogen and oxygen atoms in total. The molecule has 0 aromatic carbocycles. The summed E-state index contributed by atoms with van der Waals surface area (Å²) in [5.74, 6) is 2.78. The third-order valence-corrected chi connectivity index (χ3v) is 5.72. The molecule has 2 aliphatic rings. The topological polar surface area (TPSA) is 3.24 Å². The van der Waals surface area contributed by atoms with E-state index in [0.717, 1.165) is 29.8 Å². The molecule has 0 heterocycles. The van der Waals surface area contributed by atoms with Crippen LogP contribution in [0.2, 0.25) is 0 Å². The molecule has 1 heteroatoms. The summed E-state index contributed by atoms with van der Waals surface area (Å²) in [5.41, 5.74) is 0. The van der Waals surface area contributed by atoms with Gasteiger partial charge in [-0.3, -0.25) is 0 Å². The van der Waals surface area contributed by atoms with E-state index in [1.165, 1.54) is 51.4 Å². The third kappa shape index (κ3) is 3.29. The molecule has 106 valence electrons. The van der Waals surface area contributed by atoms with Gasteiger partial charge in [-0.05, 0) is 63.3 Å². The Labute approximate surface area is 114 Å². The highest BCUT2D eigenvalue weighted by Crippen LogP contribution is 2.36. The van der Waals surface area contributed by atoms with Crippen molar-refractivity contribution in [3.05, 3.63) is 0 Å². The van der Waals surface area contributed by atoms with Crippen molar-refractivity contribution >= 4 is 0 Å². The van der Waals surface area contributed by atoms with Crippen molar-refractivity contribution in [2.45, 2.75) is 84.2 Å². The molecule has 2 aliphatic carbocycles. The van der Waals surface area contributed by atoms with Crippen molar-refractivity contribution in [1.82, 2.24) is 4.90 Å². The van der Waals surface area contributed by atoms with Crippen molar-refractivity contribution in [3.63, 3.8) is 0 Å². The van der Waals surface area contributed by atoms with Crippen LogP contribution < -0.4 is 0 Å². The van der Waals surface area contributed by atoms with Gasteiger partial charge in [-0.15, -0.1) is 0 Å². The van der Waals surface area contributed by atoms with Gasteiger partial charge in [0.05, 0.1) is 0 Å². The van der Waals surface area contributed by atoms with Crippen LogP contribution in [0.15, 0.2) is 0 Å². The SMILES string of the molecule is CC1CCC(N(C)C2CCCCC2C(C)C)CC1. The Bertz CT molecular complexity index is 240. The number of hydrogen-bond acceptors (Lipinski definition) is 1. The quantitative estimate of drug-likeness (QED) is 0.702. The molecule has 0 radical (unpaired) electrons. The van der Waals surface area contributed by atoms with Crippen LogP contribution in [0.5, 0.6) is 0 Å². The van der Waals surface area contributed by atoms with Crippen LogP contribution in [-0.2, 0) is 0 Å². The Morgan fingerprint density at radius 3 is 2.11 bits per heavy atom. The van der Waals surface area contributed by atoms with Gasteiger partial charge in [0.2, 0.25) is 0 Å². The highest BCUT2D eigenvalue weighted by Gasteiger charge is 2.34. The number of rotatable bonds is 3. The average molecular weight is 251 g/mol. The standard InChI is InChI=1S/C17H33N/c1-13(2)16-7-5-6-8-17(16)18(4)15-11-9-14(3)10-12-15/h13-17H,5-12H2,1-4H3. The maximum atomic E-state index is 2.79. The van der Waals surface area contributed by atoms with E-state index in [-0.39, 0.29) is 0 Å². The van der Waals surface area contributed by atoms with Crippen LogP contribution >= 0.6 is 0 Å². The molecule has 2 rings (SSSR count). The molecule has 0 bridgehead atoms. The van der Waals surface area contributed by atoms with Crippen LogP contribution in [0.4, 0.5) is 0 Å². The van der Waals surface area contributed by atoms with Crippen molar-refractivity contribution in [1.29, 1.82) is 0 Å². The zero-order chi connectivity index (χ0) is 13.1. The molecule has 0 aromatic heterocycles. The lowest BCUT2D eigenvalue weighted by atomic mass is 9.76. The Hall–Kier alpha value is -0.0400. The zero-order valence-corrected chi connectivity index (χ0v) is 13.0. The normalized spacial score (nSPS) is 38.3. The van der Waals surface area contributed by atoms with E-state index in [2.05, 4.69) is 32.7 Å². The second-order valence-electron chi connectivity index (χ2n) is 7.34. The number of nitrogens with zero attached hydrogens (tertiary/aromatic N) is 1. The highest BCUT2D eigenvalue weighted by molar-refractivity contribution is 4.88. The van der Waals surface area contributed by atoms with E-state index >= 15 is 0 Å². The maximum Gasteiger partial charge on any atom is 0.0126 e. The van der Waals surface area contributed by atoms with E-state index in [9.17, 15) is 0 Å². The summed E-state index contributed by atoms with van der Waals surface area (Å²) in [7, 11) is 2.42. The van der Waals surface area contributed by atoms with E-state index in [1.54, 1.807) is 0 Å². The first-order valence-corrected chi connectivity index (χ1v) is 8.31. The van der Waals surface area contributed by atoms with Gasteiger partial charge in [-0.2, -0.15) is 0 Å². The lowest BCUT2D eigenvalue weighted by Gasteiger charge is -2.45. The second-order valence-corrected chi connectivity index (χ2v) is 7.34. The van der Waals surface area contributed by atoms with E-state index < -0.39 is 0 Å². The Kier molecular flexibility index (Phi) is 5.12. The predicted octanol–water partition coefficient (Wildman–Crippen LogP) is 4.71. The average Bonchev–Trinajstić information content (AvgIpc) is 2.39. The summed E-state index contributed by atoms with van der Waals surface area (Å²) in [5, 5.41) is 0. The fourth-order valence-corrected chi connectivity index (χ4v) is 4.34. The van der Waals surface area contributed by atoms with Crippen LogP contribution in [0.1, 0.15) is 72.1 Å². The van der Waals surface area contributed by atoms with Gasteiger partial charge >= 0.3 is 0 Å². The summed E-state index contributed by atoms with van der Waals surface area (Å²) < 4.78 is 0. The fraction of sp³-hybridized carbons (Fsp3) is 1.00. The highest BCUT2D eigenvalue weighted by atomic mass is 15.2. The van der Waals surface area contributed by atoms with Gasteiger partial charge in [0.1, 0.15) is 0 Å². The minimum atomic E-state index is 0.861. The van der Waals surface area contributed by atoms with Crippen molar-refractivity contribution < 1.29 is 0 Å². The molecule has 0 aliphatic heterocycles. The minimum Gasteiger partial charge on any atom is -0.300 e. The summed E-state index contributed by atoms with van der Waals surface area (Å²) in [6, 6.07) is 1.75. The van der Waals surface area contributed by atoms with Gasteiger partial charge in [0, 0.05) is 12.1 Å². The van der Waals surface area contributed by atoms with Crippen molar-refractivity contribution in [2.24, 2.45) is 17.8 Å². The molecule has 0 N–H and O–H groups in total. The van der Waals surface area contributed by atoms with Crippen LogP contribution in [0, 0.1) is 17.8 Å². The molecule has 0 spiro atoms. The first-order valence-electron chi connectivity index (χ1n) is 8.31. The molecule has 0 amide bonds. The molecular formula is C17H33N. The van der Waals surface area contributed by atoms with E-state index in [0.29, 0.717) is 0 Å². The first-order chi connectivity index (χ1) is 8.59. The Balaban J connectivity index is 1.95. The maximum absolute atomic E-state index is 2.79. The smallest absolute Gasteiger partial charge is 0.0126 e. The zero-order valence-electron chi connectivity index (χ0n) is 13.0. The summed E-state index contributed by atoms with van der Waals surface area (Å²) in [6.45, 7) is 7.29. The lowest BCUT2D eigenvalue weighted by Crippen LogP contribution is -2.48. The fourth-order valence-electron chi connectivity index (χ4n) is 4.34. The molecule has 2 atom stereocenters. The van der Waals surface area contributed by atoms with Crippen molar-refractivity contribution in [2.75, 3.05) is 7.05 Å². The first kappa shape index (κ1) is 14.4. The molecular weight excluding hydrogens is 218 g/mol. The molecule has 2 saturated carbocycles. The summed E-state index contributed by atoms with van der Waals surface area (Å²) in [6.07, 6.45) is 11.6. The largest absolute Gasteiger partial charge is 0.300 e. The molecule has 0 saturated heterocycles. The minimum absolute atomic E-state index is 0.861. The summed E-state index contributed by atoms with van der Waals surface area (Å²) in [4.78, 5) is 2.79. The Morgan fingerprint density at radius 1 is 0.889 bits per heavy atom. The third-order valence-electron chi connectivity index (χ3n) is 5.72. The summed E-state index contributed by atoms with van der Waals surface area (Å²) >= 11 is 0. The molecule has 2 fully saturated rings. The lowest BCUT2D eigenvalue weighted by molar-refractivity contribution is 0.0467. The molecule has 2 unspecified atom stereocenters. The van der Waals surface area contributed by atoms with Crippen LogP contribution in [0.3, 0.4) is 0 Å². The predicted molar refractivity (Wildman–Crippen MR) is 79.8 cm³/mol. The number of hydrogen-bond donors (Lipinski definition) is 0. The second kappa shape index (κ2) is 6.41.